The molecule has 3 rings (SSSR count). The van der Waals surface area contributed by atoms with Gasteiger partial charge in [-0.3, -0.25) is 0 Å². The van der Waals surface area contributed by atoms with Crippen molar-refractivity contribution in [3.05, 3.63) is 0 Å². The molecular formula is C14H23NO3. The van der Waals surface area contributed by atoms with E-state index in [4.69, 9.17) is 9.47 Å². The molecule has 1 spiro atoms. The van der Waals surface area contributed by atoms with Crippen molar-refractivity contribution < 1.29 is 14.3 Å². The lowest BCUT2D eigenvalue weighted by Gasteiger charge is -2.44. The van der Waals surface area contributed by atoms with Gasteiger partial charge in [0.05, 0.1) is 12.2 Å². The van der Waals surface area contributed by atoms with Gasteiger partial charge in [0.1, 0.15) is 6.29 Å². The normalized spacial score (nSPS) is 39.2. The first-order valence-electron chi connectivity index (χ1n) is 7.22. The molecule has 0 amide bonds. The second-order valence-corrected chi connectivity index (χ2v) is 5.99. The first-order valence-corrected chi connectivity index (χ1v) is 7.22. The van der Waals surface area contributed by atoms with Gasteiger partial charge in [0.15, 0.2) is 0 Å². The van der Waals surface area contributed by atoms with E-state index in [-0.39, 0.29) is 5.60 Å². The van der Waals surface area contributed by atoms with Crippen LogP contribution in [-0.2, 0) is 14.3 Å². The van der Waals surface area contributed by atoms with Crippen LogP contribution in [0.5, 0.6) is 0 Å². The lowest BCUT2D eigenvalue weighted by atomic mass is 9.87. The van der Waals surface area contributed by atoms with Crippen LogP contribution in [0.4, 0.5) is 0 Å². The van der Waals surface area contributed by atoms with Crippen LogP contribution in [0.3, 0.4) is 0 Å². The summed E-state index contributed by atoms with van der Waals surface area (Å²) < 4.78 is 11.5. The van der Waals surface area contributed by atoms with Crippen molar-refractivity contribution in [2.24, 2.45) is 5.92 Å². The minimum Gasteiger partial charge on any atom is -0.378 e. The van der Waals surface area contributed by atoms with Gasteiger partial charge in [0.25, 0.3) is 0 Å². The molecule has 2 atom stereocenters. The minimum absolute atomic E-state index is 0.00439. The molecule has 3 aliphatic rings. The van der Waals surface area contributed by atoms with Gasteiger partial charge in [0, 0.05) is 31.6 Å². The fourth-order valence-corrected chi connectivity index (χ4v) is 3.60. The Bertz CT molecular complexity index is 293. The molecular weight excluding hydrogens is 230 g/mol. The second kappa shape index (κ2) is 5.27. The molecule has 3 heterocycles. The highest BCUT2D eigenvalue weighted by molar-refractivity contribution is 5.53. The lowest BCUT2D eigenvalue weighted by Crippen LogP contribution is -2.51. The van der Waals surface area contributed by atoms with Crippen molar-refractivity contribution in [2.45, 2.75) is 43.7 Å². The maximum Gasteiger partial charge on any atom is 0.123 e. The van der Waals surface area contributed by atoms with Gasteiger partial charge >= 0.3 is 0 Å². The molecule has 18 heavy (non-hydrogen) atoms. The third-order valence-electron chi connectivity index (χ3n) is 4.82. The largest absolute Gasteiger partial charge is 0.378 e. The summed E-state index contributed by atoms with van der Waals surface area (Å²) >= 11 is 0. The lowest BCUT2D eigenvalue weighted by molar-refractivity contribution is -0.117. The van der Waals surface area contributed by atoms with E-state index in [1.807, 2.05) is 0 Å². The smallest absolute Gasteiger partial charge is 0.123 e. The van der Waals surface area contributed by atoms with Crippen molar-refractivity contribution >= 4 is 6.29 Å². The molecule has 3 aliphatic heterocycles. The van der Waals surface area contributed by atoms with Crippen molar-refractivity contribution in [2.75, 3.05) is 32.9 Å². The van der Waals surface area contributed by atoms with Crippen LogP contribution in [-0.4, -0.2) is 55.7 Å². The first kappa shape index (κ1) is 12.6. The van der Waals surface area contributed by atoms with Gasteiger partial charge in [-0.25, -0.2) is 0 Å². The van der Waals surface area contributed by atoms with Crippen molar-refractivity contribution in [3.8, 4) is 0 Å². The topological polar surface area (TPSA) is 38.8 Å². The number of likely N-dealkylation sites (tertiary alicyclic amines) is 1. The molecule has 0 aromatic heterocycles. The quantitative estimate of drug-likeness (QED) is 0.694. The molecule has 0 aromatic carbocycles. The summed E-state index contributed by atoms with van der Waals surface area (Å²) in [5, 5.41) is 0. The molecule has 0 radical (unpaired) electrons. The van der Waals surface area contributed by atoms with Gasteiger partial charge in [-0.15, -0.1) is 0 Å². The van der Waals surface area contributed by atoms with Crippen molar-refractivity contribution in [1.29, 1.82) is 0 Å². The number of aldehydes is 1. The van der Waals surface area contributed by atoms with Crippen LogP contribution < -0.4 is 0 Å². The van der Waals surface area contributed by atoms with Gasteiger partial charge in [-0.05, 0) is 38.8 Å². The van der Waals surface area contributed by atoms with Crippen LogP contribution >= 0.6 is 0 Å². The van der Waals surface area contributed by atoms with Crippen LogP contribution in [0.2, 0.25) is 0 Å². The Morgan fingerprint density at radius 3 is 2.67 bits per heavy atom. The van der Waals surface area contributed by atoms with Gasteiger partial charge in [-0.1, -0.05) is 0 Å². The van der Waals surface area contributed by atoms with Gasteiger partial charge < -0.3 is 19.2 Å². The molecule has 3 fully saturated rings. The molecule has 4 heteroatoms. The fourth-order valence-electron chi connectivity index (χ4n) is 3.60. The molecule has 0 aliphatic carbocycles. The Morgan fingerprint density at radius 1 is 1.17 bits per heavy atom. The van der Waals surface area contributed by atoms with E-state index in [2.05, 4.69) is 4.90 Å². The zero-order chi connectivity index (χ0) is 12.4. The Morgan fingerprint density at radius 2 is 2.00 bits per heavy atom. The number of rotatable bonds is 2. The SMILES string of the molecule is O=CC1CCN(C2CCOC3(CCOC3)C2)CC1. The monoisotopic (exact) mass is 253 g/mol. The minimum atomic E-state index is 0.00439. The number of hydrogen-bond donors (Lipinski definition) is 0. The number of carbonyl (C=O) groups is 1. The Balaban J connectivity index is 1.57. The molecule has 102 valence electrons. The van der Waals surface area contributed by atoms with Gasteiger partial charge in [-0.2, -0.15) is 0 Å². The Labute approximate surface area is 109 Å². The number of nitrogens with zero attached hydrogens (tertiary/aromatic N) is 1. The molecule has 0 N–H and O–H groups in total. The van der Waals surface area contributed by atoms with E-state index in [0.29, 0.717) is 12.0 Å². The highest BCUT2D eigenvalue weighted by Crippen LogP contribution is 2.35. The zero-order valence-electron chi connectivity index (χ0n) is 11.0. The van der Waals surface area contributed by atoms with Crippen molar-refractivity contribution in [1.82, 2.24) is 4.90 Å². The maximum absolute atomic E-state index is 10.8. The molecule has 0 aromatic rings. The maximum atomic E-state index is 10.8. The number of hydrogen-bond acceptors (Lipinski definition) is 4. The highest BCUT2D eigenvalue weighted by Gasteiger charge is 2.42. The predicted octanol–water partition coefficient (Wildman–Crippen LogP) is 1.24. The fraction of sp³-hybridized carbons (Fsp3) is 0.929. The summed E-state index contributed by atoms with van der Waals surface area (Å²) in [6, 6.07) is 0.632. The summed E-state index contributed by atoms with van der Waals surface area (Å²) in [4.78, 5) is 13.4. The Kier molecular flexibility index (Phi) is 3.68. The summed E-state index contributed by atoms with van der Waals surface area (Å²) in [6.45, 7) is 4.63. The van der Waals surface area contributed by atoms with Crippen LogP contribution in [0, 0.1) is 5.92 Å². The van der Waals surface area contributed by atoms with E-state index in [1.165, 1.54) is 0 Å². The average molecular weight is 253 g/mol. The van der Waals surface area contributed by atoms with E-state index in [9.17, 15) is 4.79 Å². The second-order valence-electron chi connectivity index (χ2n) is 5.99. The molecule has 0 bridgehead atoms. The zero-order valence-corrected chi connectivity index (χ0v) is 11.0. The number of ether oxygens (including phenoxy) is 2. The van der Waals surface area contributed by atoms with E-state index in [0.717, 1.165) is 71.3 Å². The summed E-state index contributed by atoms with van der Waals surface area (Å²) in [5.74, 6) is 0.296. The molecule has 3 saturated heterocycles. The standard InChI is InChI=1S/C14H23NO3/c16-10-12-1-5-15(6-2-12)13-3-7-18-14(9-13)4-8-17-11-14/h10,12-13H,1-9,11H2. The Hall–Kier alpha value is -0.450. The first-order chi connectivity index (χ1) is 8.81. The van der Waals surface area contributed by atoms with Crippen LogP contribution in [0.15, 0.2) is 0 Å². The third-order valence-corrected chi connectivity index (χ3v) is 4.82. The summed E-state index contributed by atoms with van der Waals surface area (Å²) in [5.41, 5.74) is 0.00439. The van der Waals surface area contributed by atoms with E-state index >= 15 is 0 Å². The van der Waals surface area contributed by atoms with Crippen molar-refractivity contribution in [3.63, 3.8) is 0 Å². The molecule has 2 unspecified atom stereocenters. The van der Waals surface area contributed by atoms with Gasteiger partial charge in [0.2, 0.25) is 0 Å². The van der Waals surface area contributed by atoms with E-state index < -0.39 is 0 Å². The average Bonchev–Trinajstić information content (AvgIpc) is 2.87. The third kappa shape index (κ3) is 2.46. The van der Waals surface area contributed by atoms with Crippen LogP contribution in [0.1, 0.15) is 32.1 Å². The predicted molar refractivity (Wildman–Crippen MR) is 67.5 cm³/mol. The number of carbonyl (C=O) groups excluding carboxylic acids is 1. The number of piperidine rings is 1. The van der Waals surface area contributed by atoms with E-state index in [1.54, 1.807) is 0 Å². The van der Waals surface area contributed by atoms with Crippen LogP contribution in [0.25, 0.3) is 0 Å². The summed E-state index contributed by atoms with van der Waals surface area (Å²) in [6.07, 6.45) is 6.49. The molecule has 4 nitrogen and oxygen atoms in total. The summed E-state index contributed by atoms with van der Waals surface area (Å²) in [7, 11) is 0. The highest BCUT2D eigenvalue weighted by atomic mass is 16.6. The molecule has 0 saturated carbocycles.